The molecule has 1 aliphatic carbocycles. The van der Waals surface area contributed by atoms with Gasteiger partial charge in [-0.15, -0.1) is 16.4 Å². The summed E-state index contributed by atoms with van der Waals surface area (Å²) in [4.78, 5) is 29.4. The summed E-state index contributed by atoms with van der Waals surface area (Å²) < 4.78 is 3.84. The molecule has 0 unspecified atom stereocenters. The molecule has 0 saturated heterocycles. The third kappa shape index (κ3) is 4.60. The predicted molar refractivity (Wildman–Crippen MR) is 120 cm³/mol. The van der Waals surface area contributed by atoms with E-state index in [1.807, 2.05) is 48.7 Å². The van der Waals surface area contributed by atoms with Gasteiger partial charge in [0.1, 0.15) is 0 Å². The lowest BCUT2D eigenvalue weighted by Crippen LogP contribution is -2.47. The highest BCUT2D eigenvalue weighted by Crippen LogP contribution is 2.33. The number of thiophene rings is 1. The molecule has 0 radical (unpaired) electrons. The van der Waals surface area contributed by atoms with Crippen LogP contribution in [0.1, 0.15) is 59.1 Å². The van der Waals surface area contributed by atoms with Gasteiger partial charge in [0.05, 0.1) is 0 Å². The summed E-state index contributed by atoms with van der Waals surface area (Å²) in [6.07, 6.45) is 5.43. The largest absolute Gasteiger partial charge is 0.351 e. The van der Waals surface area contributed by atoms with Crippen LogP contribution in [0, 0.1) is 6.92 Å². The number of anilines is 1. The molecule has 1 saturated carbocycles. The highest BCUT2D eigenvalue weighted by atomic mass is 32.1. The number of carbonyl (C=O) groups excluding carboxylic acids is 2. The first-order valence-corrected chi connectivity index (χ1v) is 11.9. The lowest BCUT2D eigenvalue weighted by Gasteiger charge is -2.32. The standard InChI is InChI=1S/C22H24N4O2S2/c1-15-9-11-17(12-10-15)26(22(28)18-14-30-25-24-18)20(19-8-5-13-29-19)21(27)23-16-6-3-2-4-7-16/h5,8-14,16,20H,2-4,6-7H2,1H3,(H,23,27)/t20-/m1/s1. The second-order valence-corrected chi connectivity index (χ2v) is 9.15. The first kappa shape index (κ1) is 20.7. The lowest BCUT2D eigenvalue weighted by atomic mass is 9.95. The zero-order valence-corrected chi connectivity index (χ0v) is 18.4. The number of amides is 2. The van der Waals surface area contributed by atoms with E-state index in [-0.39, 0.29) is 23.6 Å². The van der Waals surface area contributed by atoms with Crippen LogP contribution in [0.5, 0.6) is 0 Å². The molecule has 1 atom stereocenters. The minimum atomic E-state index is -0.760. The van der Waals surface area contributed by atoms with Crippen molar-refractivity contribution in [3.63, 3.8) is 0 Å². The first-order chi connectivity index (χ1) is 14.6. The molecule has 0 bridgehead atoms. The molecule has 8 heteroatoms. The van der Waals surface area contributed by atoms with Gasteiger partial charge in [0.15, 0.2) is 11.7 Å². The Morgan fingerprint density at radius 2 is 1.90 bits per heavy atom. The second kappa shape index (κ2) is 9.49. The van der Waals surface area contributed by atoms with Crippen molar-refractivity contribution >= 4 is 40.4 Å². The van der Waals surface area contributed by atoms with Crippen molar-refractivity contribution in [2.45, 2.75) is 51.1 Å². The number of hydrogen-bond acceptors (Lipinski definition) is 6. The van der Waals surface area contributed by atoms with E-state index in [0.29, 0.717) is 5.69 Å². The van der Waals surface area contributed by atoms with Crippen LogP contribution in [0.3, 0.4) is 0 Å². The maximum Gasteiger partial charge on any atom is 0.280 e. The predicted octanol–water partition coefficient (Wildman–Crippen LogP) is 4.75. The van der Waals surface area contributed by atoms with Gasteiger partial charge in [-0.05, 0) is 54.9 Å². The van der Waals surface area contributed by atoms with Crippen LogP contribution in [0.25, 0.3) is 0 Å². The van der Waals surface area contributed by atoms with E-state index < -0.39 is 6.04 Å². The molecule has 3 aromatic rings. The van der Waals surface area contributed by atoms with E-state index in [0.717, 1.165) is 47.7 Å². The molecular weight excluding hydrogens is 416 g/mol. The van der Waals surface area contributed by atoms with Crippen molar-refractivity contribution in [1.82, 2.24) is 14.9 Å². The Hall–Kier alpha value is -2.58. The topological polar surface area (TPSA) is 75.2 Å². The van der Waals surface area contributed by atoms with E-state index >= 15 is 0 Å². The molecule has 6 nitrogen and oxygen atoms in total. The highest BCUT2D eigenvalue weighted by Gasteiger charge is 2.36. The average Bonchev–Trinajstić information content (AvgIpc) is 3.47. The third-order valence-electron chi connectivity index (χ3n) is 5.38. The molecule has 1 fully saturated rings. The van der Waals surface area contributed by atoms with Crippen LogP contribution in [0.2, 0.25) is 0 Å². The van der Waals surface area contributed by atoms with Gasteiger partial charge in [0.25, 0.3) is 5.91 Å². The van der Waals surface area contributed by atoms with Crippen molar-refractivity contribution in [1.29, 1.82) is 0 Å². The zero-order valence-electron chi connectivity index (χ0n) is 16.8. The Kier molecular flexibility index (Phi) is 6.54. The Balaban J connectivity index is 1.73. The Morgan fingerprint density at radius 1 is 1.13 bits per heavy atom. The van der Waals surface area contributed by atoms with E-state index in [1.54, 1.807) is 10.3 Å². The summed E-state index contributed by atoms with van der Waals surface area (Å²) in [5.41, 5.74) is 1.99. The van der Waals surface area contributed by atoms with Crippen molar-refractivity contribution in [3.05, 3.63) is 63.3 Å². The van der Waals surface area contributed by atoms with Crippen molar-refractivity contribution in [3.8, 4) is 0 Å². The van der Waals surface area contributed by atoms with Gasteiger partial charge < -0.3 is 5.32 Å². The van der Waals surface area contributed by atoms with E-state index in [9.17, 15) is 9.59 Å². The second-order valence-electron chi connectivity index (χ2n) is 7.56. The number of rotatable bonds is 6. The Morgan fingerprint density at radius 3 is 2.53 bits per heavy atom. The fraction of sp³-hybridized carbons (Fsp3) is 0.364. The molecule has 2 amide bonds. The first-order valence-electron chi connectivity index (χ1n) is 10.1. The SMILES string of the molecule is Cc1ccc(N(C(=O)c2csnn2)[C@@H](C(=O)NC2CCCCC2)c2cccs2)cc1. The van der Waals surface area contributed by atoms with Gasteiger partial charge in [-0.3, -0.25) is 14.5 Å². The lowest BCUT2D eigenvalue weighted by molar-refractivity contribution is -0.123. The number of nitrogens with one attached hydrogen (secondary N) is 1. The molecule has 1 aromatic carbocycles. The summed E-state index contributed by atoms with van der Waals surface area (Å²) in [5, 5.41) is 10.7. The number of benzene rings is 1. The van der Waals surface area contributed by atoms with Crippen LogP contribution in [-0.4, -0.2) is 27.4 Å². The fourth-order valence-corrected chi connectivity index (χ4v) is 5.06. The van der Waals surface area contributed by atoms with Crippen molar-refractivity contribution < 1.29 is 9.59 Å². The molecule has 156 valence electrons. The monoisotopic (exact) mass is 440 g/mol. The molecule has 1 N–H and O–H groups in total. The summed E-state index contributed by atoms with van der Waals surface area (Å²) >= 11 is 2.60. The van der Waals surface area contributed by atoms with Crippen LogP contribution in [0.15, 0.2) is 47.2 Å². The van der Waals surface area contributed by atoms with Gasteiger partial charge in [0.2, 0.25) is 5.91 Å². The van der Waals surface area contributed by atoms with Crippen LogP contribution < -0.4 is 10.2 Å². The van der Waals surface area contributed by atoms with E-state index in [2.05, 4.69) is 14.9 Å². The molecule has 4 rings (SSSR count). The van der Waals surface area contributed by atoms with Gasteiger partial charge in [-0.1, -0.05) is 47.5 Å². The minimum Gasteiger partial charge on any atom is -0.351 e. The summed E-state index contributed by atoms with van der Waals surface area (Å²) in [5.74, 6) is -0.480. The van der Waals surface area contributed by atoms with Crippen LogP contribution in [-0.2, 0) is 4.79 Å². The fourth-order valence-electron chi connectivity index (χ4n) is 3.82. The van der Waals surface area contributed by atoms with Crippen LogP contribution in [0.4, 0.5) is 5.69 Å². The summed E-state index contributed by atoms with van der Waals surface area (Å²) in [6.45, 7) is 1.99. The van der Waals surface area contributed by atoms with Gasteiger partial charge >= 0.3 is 0 Å². The number of hydrogen-bond donors (Lipinski definition) is 1. The molecule has 2 heterocycles. The molecular formula is C22H24N4O2S2. The number of aromatic nitrogens is 2. The number of carbonyl (C=O) groups is 2. The third-order valence-corrected chi connectivity index (χ3v) is 6.81. The summed E-state index contributed by atoms with van der Waals surface area (Å²) in [6, 6.07) is 10.8. The molecule has 2 aromatic heterocycles. The smallest absolute Gasteiger partial charge is 0.280 e. The maximum atomic E-state index is 13.5. The molecule has 1 aliphatic rings. The Labute approximate surface area is 184 Å². The zero-order chi connectivity index (χ0) is 20.9. The van der Waals surface area contributed by atoms with Gasteiger partial charge in [-0.25, -0.2) is 0 Å². The van der Waals surface area contributed by atoms with Gasteiger partial charge in [0, 0.05) is 22.0 Å². The highest BCUT2D eigenvalue weighted by molar-refractivity contribution is 7.10. The quantitative estimate of drug-likeness (QED) is 0.600. The van der Waals surface area contributed by atoms with Gasteiger partial charge in [-0.2, -0.15) is 0 Å². The van der Waals surface area contributed by atoms with Crippen LogP contribution >= 0.6 is 22.9 Å². The normalized spacial score (nSPS) is 15.5. The number of aryl methyl sites for hydroxylation is 1. The average molecular weight is 441 g/mol. The van der Waals surface area contributed by atoms with Crippen molar-refractivity contribution in [2.75, 3.05) is 4.90 Å². The minimum absolute atomic E-state index is 0.151. The van der Waals surface area contributed by atoms with E-state index in [4.69, 9.17) is 0 Å². The molecule has 30 heavy (non-hydrogen) atoms. The number of nitrogens with zero attached hydrogens (tertiary/aromatic N) is 3. The van der Waals surface area contributed by atoms with Crippen molar-refractivity contribution in [2.24, 2.45) is 0 Å². The summed E-state index contributed by atoms with van der Waals surface area (Å²) in [7, 11) is 0. The Bertz CT molecular complexity index is 965. The van der Waals surface area contributed by atoms with E-state index in [1.165, 1.54) is 17.8 Å². The maximum absolute atomic E-state index is 13.5. The molecule has 0 aliphatic heterocycles. The molecule has 0 spiro atoms.